The monoisotopic (exact) mass is 244 g/mol. The molecule has 18 heavy (non-hydrogen) atoms. The standard InChI is InChI=1S/C15H20N2O/c18-15(17-12-8-9-12)10-16-14-7-3-5-11-4-1-2-6-13(11)14/h1-2,4,6,12,14,16H,3,5,7-10H2,(H,17,18). The van der Waals surface area contributed by atoms with Crippen LogP contribution in [0, 0.1) is 0 Å². The first-order valence-corrected chi connectivity index (χ1v) is 6.93. The minimum Gasteiger partial charge on any atom is -0.352 e. The van der Waals surface area contributed by atoms with E-state index in [2.05, 4.69) is 34.9 Å². The number of rotatable bonds is 4. The molecule has 1 aromatic carbocycles. The molecular formula is C15H20N2O. The first kappa shape index (κ1) is 11.7. The van der Waals surface area contributed by atoms with E-state index in [0.29, 0.717) is 18.6 Å². The van der Waals surface area contributed by atoms with E-state index < -0.39 is 0 Å². The third-order valence-electron chi connectivity index (χ3n) is 3.82. The molecule has 1 unspecified atom stereocenters. The summed E-state index contributed by atoms with van der Waals surface area (Å²) in [5.74, 6) is 0.139. The van der Waals surface area contributed by atoms with Crippen molar-refractivity contribution in [3.8, 4) is 0 Å². The van der Waals surface area contributed by atoms with Gasteiger partial charge >= 0.3 is 0 Å². The lowest BCUT2D eigenvalue weighted by Gasteiger charge is -2.26. The minimum atomic E-state index is 0.139. The molecule has 0 spiro atoms. The van der Waals surface area contributed by atoms with Crippen LogP contribution in [0.3, 0.4) is 0 Å². The van der Waals surface area contributed by atoms with Gasteiger partial charge in [-0.25, -0.2) is 0 Å². The molecule has 1 atom stereocenters. The normalized spacial score (nSPS) is 22.3. The van der Waals surface area contributed by atoms with E-state index in [9.17, 15) is 4.79 Å². The van der Waals surface area contributed by atoms with Crippen LogP contribution in [-0.2, 0) is 11.2 Å². The Balaban J connectivity index is 1.58. The van der Waals surface area contributed by atoms with E-state index >= 15 is 0 Å². The van der Waals surface area contributed by atoms with Crippen molar-refractivity contribution in [1.29, 1.82) is 0 Å². The molecule has 2 aliphatic rings. The lowest BCUT2D eigenvalue weighted by molar-refractivity contribution is -0.120. The molecule has 96 valence electrons. The van der Waals surface area contributed by atoms with Gasteiger partial charge in [-0.1, -0.05) is 24.3 Å². The number of carbonyl (C=O) groups is 1. The maximum atomic E-state index is 11.7. The fourth-order valence-corrected chi connectivity index (χ4v) is 2.69. The lowest BCUT2D eigenvalue weighted by atomic mass is 9.88. The highest BCUT2D eigenvalue weighted by Crippen LogP contribution is 2.29. The van der Waals surface area contributed by atoms with Crippen molar-refractivity contribution in [2.75, 3.05) is 6.54 Å². The van der Waals surface area contributed by atoms with Gasteiger partial charge in [-0.3, -0.25) is 4.79 Å². The molecule has 3 nitrogen and oxygen atoms in total. The number of hydrogen-bond donors (Lipinski definition) is 2. The maximum Gasteiger partial charge on any atom is 0.234 e. The summed E-state index contributed by atoms with van der Waals surface area (Å²) >= 11 is 0. The molecule has 1 amide bonds. The number of fused-ring (bicyclic) bond motifs is 1. The zero-order valence-corrected chi connectivity index (χ0v) is 10.6. The number of aryl methyl sites for hydroxylation is 1. The molecule has 2 N–H and O–H groups in total. The smallest absolute Gasteiger partial charge is 0.234 e. The van der Waals surface area contributed by atoms with Crippen LogP contribution in [0.1, 0.15) is 42.9 Å². The highest BCUT2D eigenvalue weighted by Gasteiger charge is 2.24. The average molecular weight is 244 g/mol. The molecule has 3 rings (SSSR count). The summed E-state index contributed by atoms with van der Waals surface area (Å²) in [6.07, 6.45) is 5.81. The van der Waals surface area contributed by atoms with Crippen molar-refractivity contribution in [2.45, 2.75) is 44.2 Å². The second kappa shape index (κ2) is 5.11. The first-order valence-electron chi connectivity index (χ1n) is 6.93. The van der Waals surface area contributed by atoms with Crippen molar-refractivity contribution in [3.63, 3.8) is 0 Å². The second-order valence-electron chi connectivity index (χ2n) is 5.37. The van der Waals surface area contributed by atoms with Crippen LogP contribution < -0.4 is 10.6 Å². The van der Waals surface area contributed by atoms with Gasteiger partial charge in [0.25, 0.3) is 0 Å². The number of benzene rings is 1. The molecule has 1 aromatic rings. The van der Waals surface area contributed by atoms with Gasteiger partial charge in [0.05, 0.1) is 6.54 Å². The molecule has 1 saturated carbocycles. The Hall–Kier alpha value is -1.35. The van der Waals surface area contributed by atoms with Gasteiger partial charge in [0, 0.05) is 12.1 Å². The fraction of sp³-hybridized carbons (Fsp3) is 0.533. The molecule has 3 heteroatoms. The van der Waals surface area contributed by atoms with Crippen LogP contribution in [0.15, 0.2) is 24.3 Å². The summed E-state index contributed by atoms with van der Waals surface area (Å²) in [4.78, 5) is 11.7. The first-order chi connectivity index (χ1) is 8.83. The van der Waals surface area contributed by atoms with Crippen molar-refractivity contribution < 1.29 is 4.79 Å². The van der Waals surface area contributed by atoms with E-state index in [1.165, 1.54) is 24.0 Å². The summed E-state index contributed by atoms with van der Waals surface area (Å²) in [6.45, 7) is 0.440. The maximum absolute atomic E-state index is 11.7. The molecule has 0 saturated heterocycles. The highest BCUT2D eigenvalue weighted by molar-refractivity contribution is 5.78. The van der Waals surface area contributed by atoms with Crippen LogP contribution in [0.5, 0.6) is 0 Å². The van der Waals surface area contributed by atoms with E-state index in [4.69, 9.17) is 0 Å². The summed E-state index contributed by atoms with van der Waals surface area (Å²) in [5.41, 5.74) is 2.81. The van der Waals surface area contributed by atoms with E-state index in [1.54, 1.807) is 0 Å². The third-order valence-corrected chi connectivity index (χ3v) is 3.82. The van der Waals surface area contributed by atoms with Crippen LogP contribution >= 0.6 is 0 Å². The van der Waals surface area contributed by atoms with Gasteiger partial charge < -0.3 is 10.6 Å². The molecule has 0 aliphatic heterocycles. The topological polar surface area (TPSA) is 41.1 Å². The van der Waals surface area contributed by atoms with E-state index in [1.807, 2.05) is 0 Å². The van der Waals surface area contributed by atoms with Gasteiger partial charge in [0.15, 0.2) is 0 Å². The lowest BCUT2D eigenvalue weighted by Crippen LogP contribution is -2.37. The van der Waals surface area contributed by atoms with Crippen molar-refractivity contribution >= 4 is 5.91 Å². The van der Waals surface area contributed by atoms with E-state index in [-0.39, 0.29) is 5.91 Å². The molecule has 0 radical (unpaired) electrons. The predicted molar refractivity (Wildman–Crippen MR) is 71.3 cm³/mol. The number of nitrogens with one attached hydrogen (secondary N) is 2. The molecule has 2 aliphatic carbocycles. The quantitative estimate of drug-likeness (QED) is 0.849. The van der Waals surface area contributed by atoms with Gasteiger partial charge in [0.2, 0.25) is 5.91 Å². The fourth-order valence-electron chi connectivity index (χ4n) is 2.69. The summed E-state index contributed by atoms with van der Waals surface area (Å²) < 4.78 is 0. The average Bonchev–Trinajstić information content (AvgIpc) is 3.20. The highest BCUT2D eigenvalue weighted by atomic mass is 16.2. The van der Waals surface area contributed by atoms with Gasteiger partial charge in [-0.2, -0.15) is 0 Å². The SMILES string of the molecule is O=C(CNC1CCCc2ccccc21)NC1CC1. The van der Waals surface area contributed by atoms with Crippen molar-refractivity contribution in [1.82, 2.24) is 10.6 Å². The van der Waals surface area contributed by atoms with Crippen molar-refractivity contribution in [3.05, 3.63) is 35.4 Å². The van der Waals surface area contributed by atoms with Crippen molar-refractivity contribution in [2.24, 2.45) is 0 Å². The Morgan fingerprint density at radius 2 is 2.06 bits per heavy atom. The van der Waals surface area contributed by atoms with Crippen LogP contribution in [0.25, 0.3) is 0 Å². The third kappa shape index (κ3) is 2.72. The zero-order chi connectivity index (χ0) is 12.4. The van der Waals surface area contributed by atoms with Gasteiger partial charge in [0.1, 0.15) is 0 Å². The molecule has 0 bridgehead atoms. The molecular weight excluding hydrogens is 224 g/mol. The van der Waals surface area contributed by atoms with Crippen LogP contribution in [-0.4, -0.2) is 18.5 Å². The van der Waals surface area contributed by atoms with Crippen LogP contribution in [0.4, 0.5) is 0 Å². The van der Waals surface area contributed by atoms with E-state index in [0.717, 1.165) is 19.3 Å². The Morgan fingerprint density at radius 1 is 1.22 bits per heavy atom. The summed E-state index contributed by atoms with van der Waals surface area (Å²) in [5, 5.41) is 6.41. The summed E-state index contributed by atoms with van der Waals surface area (Å²) in [6, 6.07) is 9.38. The molecule has 0 heterocycles. The molecule has 1 fully saturated rings. The molecule has 0 aromatic heterocycles. The Labute approximate surface area is 108 Å². The van der Waals surface area contributed by atoms with Gasteiger partial charge in [-0.15, -0.1) is 0 Å². The van der Waals surface area contributed by atoms with Gasteiger partial charge in [-0.05, 0) is 43.2 Å². The number of carbonyl (C=O) groups excluding carboxylic acids is 1. The Kier molecular flexibility index (Phi) is 3.33. The minimum absolute atomic E-state index is 0.139. The zero-order valence-electron chi connectivity index (χ0n) is 10.6. The second-order valence-corrected chi connectivity index (χ2v) is 5.37. The largest absolute Gasteiger partial charge is 0.352 e. The predicted octanol–water partition coefficient (Wildman–Crippen LogP) is 1.93. The number of hydrogen-bond acceptors (Lipinski definition) is 2. The van der Waals surface area contributed by atoms with Crippen LogP contribution in [0.2, 0.25) is 0 Å². The number of amides is 1. The summed E-state index contributed by atoms with van der Waals surface area (Å²) in [7, 11) is 0. The Morgan fingerprint density at radius 3 is 2.89 bits per heavy atom. The Bertz CT molecular complexity index is 440.